The number of nitrogens with two attached hydrogens (primary N) is 2. The van der Waals surface area contributed by atoms with Gasteiger partial charge >= 0.3 is 8.53 Å². The van der Waals surface area contributed by atoms with Crippen LogP contribution in [0.4, 0.5) is 11.8 Å². The Morgan fingerprint density at radius 3 is 2.85 bits per heavy atom. The van der Waals surface area contributed by atoms with Crippen LogP contribution in [0, 0.1) is 5.92 Å². The van der Waals surface area contributed by atoms with Crippen molar-refractivity contribution < 1.29 is 18.6 Å². The second kappa shape index (κ2) is 10.1. The summed E-state index contributed by atoms with van der Waals surface area (Å²) in [5.74, 6) is 1.03. The molecule has 0 spiro atoms. The Balaban J connectivity index is 1.43. The number of hydrogen-bond donors (Lipinski definition) is 3. The van der Waals surface area contributed by atoms with Crippen LogP contribution in [0.25, 0.3) is 11.2 Å². The van der Waals surface area contributed by atoms with Crippen molar-refractivity contribution in [2.24, 2.45) is 5.92 Å². The van der Waals surface area contributed by atoms with Crippen LogP contribution < -0.4 is 21.1 Å². The fourth-order valence-electron chi connectivity index (χ4n) is 3.54. The smallest absolute Gasteiger partial charge is 0.318 e. The van der Waals surface area contributed by atoms with E-state index in [4.69, 9.17) is 36.9 Å². The number of fused-ring (bicyclic) bond motifs is 1. The fraction of sp³-hybridized carbons (Fsp3) is 0.400. The molecule has 1 aromatic carbocycles. The molecule has 3 heterocycles. The second-order valence-corrected chi connectivity index (χ2v) is 9.45. The number of aldehydes is 1. The maximum absolute atomic E-state index is 11.1. The molecule has 0 amide bonds. The van der Waals surface area contributed by atoms with Crippen LogP contribution in [0.1, 0.15) is 26.5 Å². The van der Waals surface area contributed by atoms with Gasteiger partial charge in [-0.15, -0.1) is 0 Å². The van der Waals surface area contributed by atoms with Crippen LogP contribution in [0.3, 0.4) is 0 Å². The Labute approximate surface area is 196 Å². The van der Waals surface area contributed by atoms with Crippen LogP contribution in [0.15, 0.2) is 30.6 Å². The summed E-state index contributed by atoms with van der Waals surface area (Å²) >= 11 is 5.94. The highest BCUT2D eigenvalue weighted by Gasteiger charge is 2.35. The molecule has 0 saturated carbocycles. The number of nitrogens with one attached hydrogen (secondary N) is 1. The van der Waals surface area contributed by atoms with E-state index in [1.807, 2.05) is 4.57 Å². The minimum atomic E-state index is -1.60. The number of carbonyl (C=O) groups excluding carboxylic acids is 1. The van der Waals surface area contributed by atoms with Crippen LogP contribution in [0.5, 0.6) is 5.75 Å². The first-order valence-electron chi connectivity index (χ1n) is 10.3. The van der Waals surface area contributed by atoms with E-state index in [9.17, 15) is 4.79 Å². The number of nitrogens with zero attached hydrogens (tertiary/aromatic N) is 4. The molecule has 1 aliphatic heterocycles. The van der Waals surface area contributed by atoms with Crippen molar-refractivity contribution in [1.82, 2.24) is 24.6 Å². The Hall–Kier alpha value is -2.56. The van der Waals surface area contributed by atoms with E-state index in [-0.39, 0.29) is 36.6 Å². The molecular weight excluding hydrogens is 469 g/mol. The van der Waals surface area contributed by atoms with Gasteiger partial charge in [0.2, 0.25) is 5.95 Å². The number of hydrogen-bond acceptors (Lipinski definition) is 10. The van der Waals surface area contributed by atoms with Gasteiger partial charge in [0.15, 0.2) is 11.5 Å². The third kappa shape index (κ3) is 5.51. The highest BCUT2D eigenvalue weighted by molar-refractivity contribution is 7.45. The van der Waals surface area contributed by atoms with Gasteiger partial charge in [-0.3, -0.25) is 4.57 Å². The normalized spacial score (nSPS) is 22.3. The molecule has 2 aromatic heterocycles. The number of benzene rings is 1. The quantitative estimate of drug-likeness (QED) is 0.299. The van der Waals surface area contributed by atoms with Crippen molar-refractivity contribution in [3.05, 3.63) is 35.6 Å². The van der Waals surface area contributed by atoms with Gasteiger partial charge in [0.25, 0.3) is 0 Å². The van der Waals surface area contributed by atoms with E-state index >= 15 is 0 Å². The average Bonchev–Trinajstić information content (AvgIpc) is 3.36. The van der Waals surface area contributed by atoms with Crippen molar-refractivity contribution in [2.45, 2.75) is 38.6 Å². The van der Waals surface area contributed by atoms with E-state index in [0.29, 0.717) is 21.9 Å². The molecule has 1 aliphatic rings. The molecule has 5 unspecified atom stereocenters. The first-order valence-corrected chi connectivity index (χ1v) is 11.9. The number of aromatic nitrogens is 4. The molecule has 0 bridgehead atoms. The van der Waals surface area contributed by atoms with Gasteiger partial charge in [0, 0.05) is 10.9 Å². The summed E-state index contributed by atoms with van der Waals surface area (Å²) in [4.78, 5) is 23.7. The summed E-state index contributed by atoms with van der Waals surface area (Å²) in [6.07, 6.45) is 2.64. The molecule has 5 N–H and O–H groups in total. The largest absolute Gasteiger partial charge is 0.436 e. The predicted molar refractivity (Wildman–Crippen MR) is 125 cm³/mol. The van der Waals surface area contributed by atoms with E-state index in [2.05, 4.69) is 27.0 Å². The summed E-state index contributed by atoms with van der Waals surface area (Å²) in [5, 5.41) is 3.64. The third-order valence-electron chi connectivity index (χ3n) is 5.09. The molecule has 176 valence electrons. The molecule has 11 nitrogen and oxygen atoms in total. The zero-order chi connectivity index (χ0) is 23.5. The Bertz CT molecular complexity index is 1120. The van der Waals surface area contributed by atoms with Gasteiger partial charge in [-0.25, -0.2) is 10.1 Å². The molecule has 3 aromatic rings. The Kier molecular flexibility index (Phi) is 7.26. The number of imidazole rings is 1. The van der Waals surface area contributed by atoms with Crippen LogP contribution in [-0.2, 0) is 14.1 Å². The van der Waals surface area contributed by atoms with Gasteiger partial charge in [-0.2, -0.15) is 9.97 Å². The van der Waals surface area contributed by atoms with Gasteiger partial charge < -0.3 is 30.0 Å². The monoisotopic (exact) mass is 493 g/mol. The summed E-state index contributed by atoms with van der Waals surface area (Å²) in [7, 11) is -1.60. The van der Waals surface area contributed by atoms with Crippen molar-refractivity contribution >= 4 is 49.3 Å². The number of carbonyl (C=O) groups is 1. The zero-order valence-corrected chi connectivity index (χ0v) is 19.7. The van der Waals surface area contributed by atoms with Crippen LogP contribution in [0.2, 0.25) is 5.02 Å². The number of nitrogen functional groups attached to an aromatic ring is 2. The van der Waals surface area contributed by atoms with E-state index in [1.54, 1.807) is 37.5 Å². The van der Waals surface area contributed by atoms with Crippen molar-refractivity contribution in [2.75, 3.05) is 18.1 Å². The molecule has 0 radical (unpaired) electrons. The summed E-state index contributed by atoms with van der Waals surface area (Å²) in [6, 6.07) is 6.48. The van der Waals surface area contributed by atoms with Gasteiger partial charge in [0.1, 0.15) is 23.8 Å². The first-order chi connectivity index (χ1) is 15.8. The molecule has 0 aliphatic carbocycles. The standard InChI is InChI=1S/C20H25ClN7O4P/c1-11-7-15(31-19(11)28-10-24-16-17(22)25-20(23)26-18(16)28)9-30-33(27-12(2)8-29)32-14-5-3-13(21)4-6-14/h3-6,8,10-12,15,19,27H,7,9H2,1-2H3,(H4,22,23,25,26). The van der Waals surface area contributed by atoms with Gasteiger partial charge in [-0.05, 0) is 37.6 Å². The van der Waals surface area contributed by atoms with Gasteiger partial charge in [0.05, 0.1) is 25.1 Å². The topological polar surface area (TPSA) is 152 Å². The average molecular weight is 494 g/mol. The second-order valence-electron chi connectivity index (χ2n) is 7.80. The summed E-state index contributed by atoms with van der Waals surface area (Å²) in [6.45, 7) is 4.07. The SMILES string of the molecule is CC(C=O)NP(OCC1CC(C)C(n2cnc3c(N)nc(N)nc32)O1)Oc1ccc(Cl)cc1. The zero-order valence-electron chi connectivity index (χ0n) is 18.1. The molecule has 5 atom stereocenters. The first kappa shape index (κ1) is 23.6. The lowest BCUT2D eigenvalue weighted by Gasteiger charge is -2.22. The Morgan fingerprint density at radius 1 is 1.36 bits per heavy atom. The predicted octanol–water partition coefficient (Wildman–Crippen LogP) is 3.07. The molecule has 1 saturated heterocycles. The van der Waals surface area contributed by atoms with E-state index < -0.39 is 14.6 Å². The molecular formula is C20H25ClN7O4P. The highest BCUT2D eigenvalue weighted by Crippen LogP contribution is 2.40. The van der Waals surface area contributed by atoms with Crippen molar-refractivity contribution in [3.63, 3.8) is 0 Å². The van der Waals surface area contributed by atoms with Crippen molar-refractivity contribution in [1.29, 1.82) is 0 Å². The van der Waals surface area contributed by atoms with Crippen LogP contribution in [-0.4, -0.2) is 44.6 Å². The van der Waals surface area contributed by atoms with Crippen LogP contribution >= 0.6 is 20.1 Å². The maximum atomic E-state index is 11.1. The maximum Gasteiger partial charge on any atom is 0.318 e. The fourth-order valence-corrected chi connectivity index (χ4v) is 4.85. The number of ether oxygens (including phenoxy) is 1. The lowest BCUT2D eigenvalue weighted by atomic mass is 10.1. The number of anilines is 2. The molecule has 1 fully saturated rings. The third-order valence-corrected chi connectivity index (χ3v) is 6.72. The molecule has 4 rings (SSSR count). The number of halogens is 1. The lowest BCUT2D eigenvalue weighted by molar-refractivity contribution is -0.108. The minimum absolute atomic E-state index is 0.0765. The van der Waals surface area contributed by atoms with E-state index in [0.717, 1.165) is 12.7 Å². The molecule has 33 heavy (non-hydrogen) atoms. The lowest BCUT2D eigenvalue weighted by Crippen LogP contribution is -2.26. The summed E-state index contributed by atoms with van der Waals surface area (Å²) in [5.41, 5.74) is 12.7. The summed E-state index contributed by atoms with van der Waals surface area (Å²) < 4.78 is 20.0. The van der Waals surface area contributed by atoms with E-state index in [1.165, 1.54) is 0 Å². The molecule has 13 heteroatoms. The Morgan fingerprint density at radius 2 is 2.12 bits per heavy atom. The van der Waals surface area contributed by atoms with Crippen molar-refractivity contribution in [3.8, 4) is 5.75 Å². The minimum Gasteiger partial charge on any atom is -0.436 e. The van der Waals surface area contributed by atoms with Gasteiger partial charge in [-0.1, -0.05) is 18.5 Å². The highest BCUT2D eigenvalue weighted by atomic mass is 35.5. The number of rotatable bonds is 9.